The maximum Gasteiger partial charge on any atom is 0.255 e. The summed E-state index contributed by atoms with van der Waals surface area (Å²) in [6.45, 7) is 5.71. The lowest BCUT2D eigenvalue weighted by Gasteiger charge is -2.23. The molecule has 0 aliphatic carbocycles. The van der Waals surface area contributed by atoms with E-state index in [1.165, 1.54) is 0 Å². The number of nitrogens with one attached hydrogen (secondary N) is 2. The highest BCUT2D eigenvalue weighted by molar-refractivity contribution is 9.10. The Hall–Kier alpha value is -1.15. The van der Waals surface area contributed by atoms with Gasteiger partial charge in [0.05, 0.1) is 10.3 Å². The number of carbonyl (C=O) groups is 1. The SMILES string of the molecule is CCNc1ncc(Br)cc1C(=O)NCC(C)(C)S(C)(=O)=O. The Morgan fingerprint density at radius 1 is 1.43 bits per heavy atom. The number of halogens is 1. The summed E-state index contributed by atoms with van der Waals surface area (Å²) in [4.78, 5) is 16.4. The predicted octanol–water partition coefficient (Wildman–Crippen LogP) is 1.83. The fourth-order valence-corrected chi connectivity index (χ4v) is 2.11. The van der Waals surface area contributed by atoms with E-state index < -0.39 is 14.6 Å². The number of sulfone groups is 1. The van der Waals surface area contributed by atoms with Crippen molar-refractivity contribution in [1.82, 2.24) is 10.3 Å². The van der Waals surface area contributed by atoms with Gasteiger partial charge in [0.1, 0.15) is 5.82 Å². The van der Waals surface area contributed by atoms with Crippen LogP contribution in [0.4, 0.5) is 5.82 Å². The van der Waals surface area contributed by atoms with Crippen molar-refractivity contribution in [2.24, 2.45) is 0 Å². The van der Waals surface area contributed by atoms with Gasteiger partial charge in [-0.15, -0.1) is 0 Å². The molecule has 8 heteroatoms. The number of hydrogen-bond acceptors (Lipinski definition) is 5. The molecule has 1 amide bonds. The smallest absolute Gasteiger partial charge is 0.255 e. The molecule has 1 aromatic heterocycles. The lowest BCUT2D eigenvalue weighted by atomic mass is 10.2. The van der Waals surface area contributed by atoms with Gasteiger partial charge in [-0.3, -0.25) is 4.79 Å². The summed E-state index contributed by atoms with van der Waals surface area (Å²) < 4.78 is 22.9. The second kappa shape index (κ2) is 6.74. The molecule has 21 heavy (non-hydrogen) atoms. The molecule has 6 nitrogen and oxygen atoms in total. The van der Waals surface area contributed by atoms with E-state index in [4.69, 9.17) is 0 Å². The first-order chi connectivity index (χ1) is 9.58. The molecular formula is C13H20BrN3O3S. The third kappa shape index (κ3) is 4.67. The molecule has 0 aromatic carbocycles. The number of amides is 1. The van der Waals surface area contributed by atoms with Crippen LogP contribution in [0.15, 0.2) is 16.7 Å². The third-order valence-electron chi connectivity index (χ3n) is 3.12. The third-order valence-corrected chi connectivity index (χ3v) is 5.71. The first kappa shape index (κ1) is 17.9. The zero-order valence-corrected chi connectivity index (χ0v) is 14.9. The summed E-state index contributed by atoms with van der Waals surface area (Å²) in [6, 6.07) is 1.65. The summed E-state index contributed by atoms with van der Waals surface area (Å²) in [5.41, 5.74) is 0.371. The molecule has 0 unspecified atom stereocenters. The Balaban J connectivity index is 2.93. The van der Waals surface area contributed by atoms with Gasteiger partial charge in [-0.25, -0.2) is 13.4 Å². The first-order valence-corrected chi connectivity index (χ1v) is 9.14. The van der Waals surface area contributed by atoms with Gasteiger partial charge in [0.25, 0.3) is 5.91 Å². The molecule has 1 aromatic rings. The maximum atomic E-state index is 12.3. The zero-order valence-electron chi connectivity index (χ0n) is 12.5. The standard InChI is InChI=1S/C13H20BrN3O3S/c1-5-15-11-10(6-9(14)7-16-11)12(18)17-8-13(2,3)21(4,19)20/h6-7H,5,8H2,1-4H3,(H,15,16)(H,17,18). The van der Waals surface area contributed by atoms with Crippen molar-refractivity contribution >= 4 is 37.5 Å². The average Bonchev–Trinajstić information content (AvgIpc) is 2.37. The van der Waals surface area contributed by atoms with Gasteiger partial charge in [-0.05, 0) is 42.8 Å². The molecule has 0 aliphatic heterocycles. The normalized spacial score (nSPS) is 12.0. The Bertz CT molecular complexity index is 630. The van der Waals surface area contributed by atoms with Crippen LogP contribution < -0.4 is 10.6 Å². The number of hydrogen-bond donors (Lipinski definition) is 2. The number of nitrogens with zero attached hydrogens (tertiary/aromatic N) is 1. The van der Waals surface area contributed by atoms with Crippen LogP contribution in [0.25, 0.3) is 0 Å². The molecule has 0 saturated carbocycles. The largest absolute Gasteiger partial charge is 0.370 e. The van der Waals surface area contributed by atoms with E-state index in [9.17, 15) is 13.2 Å². The molecule has 2 N–H and O–H groups in total. The Morgan fingerprint density at radius 3 is 2.57 bits per heavy atom. The summed E-state index contributed by atoms with van der Waals surface area (Å²) in [7, 11) is -3.26. The lowest BCUT2D eigenvalue weighted by Crippen LogP contribution is -2.43. The minimum Gasteiger partial charge on any atom is -0.370 e. The summed E-state index contributed by atoms with van der Waals surface area (Å²) in [5.74, 6) is 0.104. The van der Waals surface area contributed by atoms with Crippen molar-refractivity contribution in [3.63, 3.8) is 0 Å². The summed E-state index contributed by atoms with van der Waals surface area (Å²) in [6.07, 6.45) is 2.75. The van der Waals surface area contributed by atoms with Crippen LogP contribution in [0.1, 0.15) is 31.1 Å². The van der Waals surface area contributed by atoms with Crippen LogP contribution >= 0.6 is 15.9 Å². The summed E-state index contributed by atoms with van der Waals surface area (Å²) >= 11 is 3.27. The zero-order chi connectivity index (χ0) is 16.3. The van der Waals surface area contributed by atoms with E-state index in [2.05, 4.69) is 31.5 Å². The van der Waals surface area contributed by atoms with Crippen molar-refractivity contribution < 1.29 is 13.2 Å². The monoisotopic (exact) mass is 377 g/mol. The molecule has 1 heterocycles. The molecule has 0 bridgehead atoms. The van der Waals surface area contributed by atoms with Crippen LogP contribution in [0, 0.1) is 0 Å². The first-order valence-electron chi connectivity index (χ1n) is 6.45. The molecule has 0 atom stereocenters. The van der Waals surface area contributed by atoms with Gasteiger partial charge >= 0.3 is 0 Å². The number of rotatable bonds is 6. The predicted molar refractivity (Wildman–Crippen MR) is 87.4 cm³/mol. The molecule has 0 fully saturated rings. The fourth-order valence-electron chi connectivity index (χ4n) is 1.44. The second-order valence-electron chi connectivity index (χ2n) is 5.29. The van der Waals surface area contributed by atoms with Crippen molar-refractivity contribution in [3.05, 3.63) is 22.3 Å². The molecule has 0 saturated heterocycles. The second-order valence-corrected chi connectivity index (χ2v) is 8.86. The van der Waals surface area contributed by atoms with Crippen molar-refractivity contribution in [2.75, 3.05) is 24.7 Å². The minimum atomic E-state index is -3.26. The topological polar surface area (TPSA) is 88.2 Å². The van der Waals surface area contributed by atoms with E-state index in [1.54, 1.807) is 26.1 Å². The maximum absolute atomic E-state index is 12.3. The highest BCUT2D eigenvalue weighted by atomic mass is 79.9. The average molecular weight is 378 g/mol. The number of aromatic nitrogens is 1. The molecule has 0 aliphatic rings. The van der Waals surface area contributed by atoms with Crippen LogP contribution in [-0.4, -0.2) is 43.4 Å². The minimum absolute atomic E-state index is 0.0305. The van der Waals surface area contributed by atoms with E-state index in [0.29, 0.717) is 22.4 Å². The van der Waals surface area contributed by atoms with Gasteiger partial charge in [-0.2, -0.15) is 0 Å². The van der Waals surface area contributed by atoms with Gasteiger partial charge in [-0.1, -0.05) is 0 Å². The van der Waals surface area contributed by atoms with Gasteiger partial charge in [0.15, 0.2) is 9.84 Å². The molecule has 1 rings (SSSR count). The van der Waals surface area contributed by atoms with E-state index >= 15 is 0 Å². The van der Waals surface area contributed by atoms with Crippen LogP contribution in [0.3, 0.4) is 0 Å². The highest BCUT2D eigenvalue weighted by Crippen LogP contribution is 2.19. The number of carbonyl (C=O) groups excluding carboxylic acids is 1. The lowest BCUT2D eigenvalue weighted by molar-refractivity contribution is 0.0951. The molecule has 0 spiro atoms. The Morgan fingerprint density at radius 2 is 2.05 bits per heavy atom. The molecule has 0 radical (unpaired) electrons. The van der Waals surface area contributed by atoms with Gasteiger partial charge in [0.2, 0.25) is 0 Å². The van der Waals surface area contributed by atoms with Crippen LogP contribution in [0.5, 0.6) is 0 Å². The van der Waals surface area contributed by atoms with E-state index in [-0.39, 0.29) is 12.5 Å². The quantitative estimate of drug-likeness (QED) is 0.789. The van der Waals surface area contributed by atoms with Crippen LogP contribution in [0.2, 0.25) is 0 Å². The van der Waals surface area contributed by atoms with E-state index in [1.807, 2.05) is 6.92 Å². The summed E-state index contributed by atoms with van der Waals surface area (Å²) in [5, 5.41) is 5.65. The van der Waals surface area contributed by atoms with E-state index in [0.717, 1.165) is 6.26 Å². The van der Waals surface area contributed by atoms with Crippen molar-refractivity contribution in [2.45, 2.75) is 25.5 Å². The van der Waals surface area contributed by atoms with Crippen molar-refractivity contribution in [1.29, 1.82) is 0 Å². The van der Waals surface area contributed by atoms with Gasteiger partial charge < -0.3 is 10.6 Å². The van der Waals surface area contributed by atoms with Gasteiger partial charge in [0, 0.05) is 30.0 Å². The number of pyridine rings is 1. The Kier molecular flexibility index (Phi) is 5.75. The molecular weight excluding hydrogens is 358 g/mol. The molecule has 118 valence electrons. The van der Waals surface area contributed by atoms with Crippen molar-refractivity contribution in [3.8, 4) is 0 Å². The fraction of sp³-hybridized carbons (Fsp3) is 0.538. The Labute approximate surface area is 133 Å². The highest BCUT2D eigenvalue weighted by Gasteiger charge is 2.30. The van der Waals surface area contributed by atoms with Crippen LogP contribution in [-0.2, 0) is 9.84 Å². The number of anilines is 1.